The number of rotatable bonds is 3. The molecule has 0 amide bonds. The smallest absolute Gasteiger partial charge is 0.171 e. The van der Waals surface area contributed by atoms with E-state index in [4.69, 9.17) is 10.9 Å². The van der Waals surface area contributed by atoms with Gasteiger partial charge in [0, 0.05) is 15.7 Å². The van der Waals surface area contributed by atoms with Crippen molar-refractivity contribution >= 4 is 17.6 Å². The van der Waals surface area contributed by atoms with Crippen LogP contribution in [0.15, 0.2) is 28.3 Å². The van der Waals surface area contributed by atoms with Gasteiger partial charge in [-0.3, -0.25) is 0 Å². The van der Waals surface area contributed by atoms with Crippen LogP contribution in [0.25, 0.3) is 0 Å². The van der Waals surface area contributed by atoms with Gasteiger partial charge in [-0.05, 0) is 12.5 Å². The molecule has 0 saturated heterocycles. The van der Waals surface area contributed by atoms with Gasteiger partial charge in [0.1, 0.15) is 0 Å². The molecule has 0 heterocycles. The van der Waals surface area contributed by atoms with E-state index >= 15 is 0 Å². The number of hydrogen-bond donors (Lipinski definition) is 2. The normalized spacial score (nSPS) is 12.1. The summed E-state index contributed by atoms with van der Waals surface area (Å²) in [5, 5.41) is 12.2. The molecule has 0 aliphatic heterocycles. The standard InChI is InChI=1S/C11H16N2OS/c1-7(2)15-10-8(3)5-4-6-9(10)11(12)13-14/h4-7,14H,1-3H3,(H2,12,13). The zero-order valence-corrected chi connectivity index (χ0v) is 10.0. The monoisotopic (exact) mass is 224 g/mol. The lowest BCUT2D eigenvalue weighted by Crippen LogP contribution is -2.15. The maximum Gasteiger partial charge on any atom is 0.171 e. The van der Waals surface area contributed by atoms with Crippen LogP contribution in [0.4, 0.5) is 0 Å². The molecule has 0 aromatic heterocycles. The molecule has 3 nitrogen and oxygen atoms in total. The molecule has 1 rings (SSSR count). The van der Waals surface area contributed by atoms with Gasteiger partial charge in [0.05, 0.1) is 0 Å². The van der Waals surface area contributed by atoms with E-state index in [-0.39, 0.29) is 5.84 Å². The lowest BCUT2D eigenvalue weighted by Gasteiger charge is -2.12. The van der Waals surface area contributed by atoms with E-state index in [0.717, 1.165) is 16.0 Å². The molecule has 3 N–H and O–H groups in total. The summed E-state index contributed by atoms with van der Waals surface area (Å²) < 4.78 is 0. The number of aryl methyl sites for hydroxylation is 1. The van der Waals surface area contributed by atoms with E-state index in [1.54, 1.807) is 11.8 Å². The first kappa shape index (κ1) is 11.9. The highest BCUT2D eigenvalue weighted by atomic mass is 32.2. The second kappa shape index (κ2) is 5.07. The number of nitrogens with zero attached hydrogens (tertiary/aromatic N) is 1. The van der Waals surface area contributed by atoms with Crippen molar-refractivity contribution in [1.82, 2.24) is 0 Å². The molecule has 0 radical (unpaired) electrons. The molecule has 1 aromatic rings. The summed E-state index contributed by atoms with van der Waals surface area (Å²) in [5.41, 5.74) is 7.58. The Morgan fingerprint density at radius 1 is 1.47 bits per heavy atom. The highest BCUT2D eigenvalue weighted by Gasteiger charge is 2.11. The Bertz CT molecular complexity index is 375. The van der Waals surface area contributed by atoms with Crippen molar-refractivity contribution < 1.29 is 5.21 Å². The number of nitrogens with two attached hydrogens (primary N) is 1. The molecule has 1 aromatic carbocycles. The largest absolute Gasteiger partial charge is 0.409 e. The van der Waals surface area contributed by atoms with Gasteiger partial charge in [-0.15, -0.1) is 11.8 Å². The molecule has 0 bridgehead atoms. The highest BCUT2D eigenvalue weighted by Crippen LogP contribution is 2.29. The summed E-state index contributed by atoms with van der Waals surface area (Å²) >= 11 is 1.72. The third kappa shape index (κ3) is 2.89. The van der Waals surface area contributed by atoms with E-state index in [1.165, 1.54) is 0 Å². The molecule has 0 saturated carbocycles. The molecule has 82 valence electrons. The average Bonchev–Trinajstić information content (AvgIpc) is 2.19. The van der Waals surface area contributed by atoms with Crippen LogP contribution < -0.4 is 5.73 Å². The van der Waals surface area contributed by atoms with Crippen LogP contribution in [0.1, 0.15) is 25.0 Å². The zero-order valence-electron chi connectivity index (χ0n) is 9.19. The molecule has 15 heavy (non-hydrogen) atoms. The minimum atomic E-state index is 0.168. The maximum atomic E-state index is 8.69. The van der Waals surface area contributed by atoms with E-state index < -0.39 is 0 Å². The van der Waals surface area contributed by atoms with E-state index in [0.29, 0.717) is 5.25 Å². The second-order valence-corrected chi connectivity index (χ2v) is 5.19. The van der Waals surface area contributed by atoms with Gasteiger partial charge in [-0.25, -0.2) is 0 Å². The van der Waals surface area contributed by atoms with Crippen LogP contribution in [-0.4, -0.2) is 16.3 Å². The third-order valence-corrected chi connectivity index (χ3v) is 3.20. The molecular weight excluding hydrogens is 208 g/mol. The molecule has 0 aliphatic rings. The van der Waals surface area contributed by atoms with Crippen molar-refractivity contribution in [3.05, 3.63) is 29.3 Å². The van der Waals surface area contributed by atoms with Crippen LogP contribution in [-0.2, 0) is 0 Å². The second-order valence-electron chi connectivity index (χ2n) is 3.60. The Balaban J connectivity index is 3.20. The van der Waals surface area contributed by atoms with Crippen LogP contribution >= 0.6 is 11.8 Å². The van der Waals surface area contributed by atoms with Gasteiger partial charge in [-0.1, -0.05) is 37.2 Å². The lowest BCUT2D eigenvalue weighted by molar-refractivity contribution is 0.318. The number of amidine groups is 1. The summed E-state index contributed by atoms with van der Waals surface area (Å²) in [6.07, 6.45) is 0. The van der Waals surface area contributed by atoms with Gasteiger partial charge < -0.3 is 10.9 Å². The van der Waals surface area contributed by atoms with Gasteiger partial charge in [0.2, 0.25) is 0 Å². The summed E-state index contributed by atoms with van der Waals surface area (Å²) in [5.74, 6) is 0.168. The molecule has 0 spiro atoms. The molecule has 0 fully saturated rings. The van der Waals surface area contributed by atoms with Crippen molar-refractivity contribution in [2.24, 2.45) is 10.9 Å². The Labute approximate surface area is 94.4 Å². The summed E-state index contributed by atoms with van der Waals surface area (Å²) in [6.45, 7) is 6.26. The Kier molecular flexibility index (Phi) is 4.03. The Hall–Kier alpha value is -1.16. The van der Waals surface area contributed by atoms with E-state index in [1.807, 2.05) is 25.1 Å². The van der Waals surface area contributed by atoms with Gasteiger partial charge in [-0.2, -0.15) is 0 Å². The third-order valence-electron chi connectivity index (χ3n) is 1.95. The fraction of sp³-hybridized carbons (Fsp3) is 0.364. The average molecular weight is 224 g/mol. The zero-order chi connectivity index (χ0) is 11.4. The first-order valence-electron chi connectivity index (χ1n) is 4.80. The first-order valence-corrected chi connectivity index (χ1v) is 5.68. The summed E-state index contributed by atoms with van der Waals surface area (Å²) in [6, 6.07) is 5.80. The fourth-order valence-electron chi connectivity index (χ4n) is 1.30. The number of benzene rings is 1. The van der Waals surface area contributed by atoms with Gasteiger partial charge in [0.25, 0.3) is 0 Å². The van der Waals surface area contributed by atoms with Crippen molar-refractivity contribution in [2.45, 2.75) is 30.9 Å². The molecule has 0 aliphatic carbocycles. The van der Waals surface area contributed by atoms with Crippen molar-refractivity contribution in [1.29, 1.82) is 0 Å². The van der Waals surface area contributed by atoms with E-state index in [2.05, 4.69) is 19.0 Å². The Morgan fingerprint density at radius 2 is 2.13 bits per heavy atom. The van der Waals surface area contributed by atoms with Crippen molar-refractivity contribution in [3.8, 4) is 0 Å². The first-order chi connectivity index (χ1) is 7.06. The predicted molar refractivity (Wildman–Crippen MR) is 64.7 cm³/mol. The van der Waals surface area contributed by atoms with Crippen molar-refractivity contribution in [2.75, 3.05) is 0 Å². The van der Waals surface area contributed by atoms with Gasteiger partial charge in [0.15, 0.2) is 5.84 Å². The molecule has 4 heteroatoms. The number of oxime groups is 1. The number of hydrogen-bond acceptors (Lipinski definition) is 3. The fourth-order valence-corrected chi connectivity index (χ4v) is 2.33. The van der Waals surface area contributed by atoms with Crippen LogP contribution in [0.5, 0.6) is 0 Å². The molecular formula is C11H16N2OS. The molecule has 0 unspecified atom stereocenters. The van der Waals surface area contributed by atoms with Gasteiger partial charge >= 0.3 is 0 Å². The minimum absolute atomic E-state index is 0.168. The van der Waals surface area contributed by atoms with Crippen LogP contribution in [0.3, 0.4) is 0 Å². The topological polar surface area (TPSA) is 58.6 Å². The summed E-state index contributed by atoms with van der Waals surface area (Å²) in [7, 11) is 0. The van der Waals surface area contributed by atoms with E-state index in [9.17, 15) is 0 Å². The maximum absolute atomic E-state index is 8.69. The minimum Gasteiger partial charge on any atom is -0.409 e. The van der Waals surface area contributed by atoms with Crippen LogP contribution in [0.2, 0.25) is 0 Å². The van der Waals surface area contributed by atoms with Crippen LogP contribution in [0, 0.1) is 6.92 Å². The SMILES string of the molecule is Cc1cccc(/C(N)=N/O)c1SC(C)C. The van der Waals surface area contributed by atoms with Crippen molar-refractivity contribution in [3.63, 3.8) is 0 Å². The molecule has 0 atom stereocenters. The predicted octanol–water partition coefficient (Wildman–Crippen LogP) is 2.59. The summed E-state index contributed by atoms with van der Waals surface area (Å²) in [4.78, 5) is 1.09. The quantitative estimate of drug-likeness (QED) is 0.273. The highest BCUT2D eigenvalue weighted by molar-refractivity contribution is 8.00. The Morgan fingerprint density at radius 3 is 2.67 bits per heavy atom. The number of thioether (sulfide) groups is 1. The lowest BCUT2D eigenvalue weighted by atomic mass is 10.1.